The molecule has 1 aromatic carbocycles. The number of nitrogens with zero attached hydrogens (tertiary/aromatic N) is 2. The first-order valence-corrected chi connectivity index (χ1v) is 6.25. The molecule has 4 N–H and O–H groups in total. The second kappa shape index (κ2) is 5.14. The van der Waals surface area contributed by atoms with Crippen molar-refractivity contribution in [2.24, 2.45) is 5.73 Å². The molecule has 0 aliphatic heterocycles. The Morgan fingerprint density at radius 3 is 2.55 bits per heavy atom. The molecule has 100 valence electrons. The normalized spacial score (nSPS) is 10.7. The van der Waals surface area contributed by atoms with Crippen LogP contribution in [0, 0.1) is 0 Å². The fourth-order valence-electron chi connectivity index (χ4n) is 2.21. The maximum Gasteiger partial charge on any atom is 0.230 e. The largest absolute Gasteiger partial charge is 0.367 e. The van der Waals surface area contributed by atoms with E-state index in [2.05, 4.69) is 10.1 Å². The maximum absolute atomic E-state index is 5.92. The Bertz CT molecular complexity index is 722. The lowest BCUT2D eigenvalue weighted by atomic mass is 9.98. The fraction of sp³-hybridized carbons (Fsp3) is 0.0667. The molecule has 20 heavy (non-hydrogen) atoms. The average molecular weight is 266 g/mol. The molecule has 2 aromatic heterocycles. The van der Waals surface area contributed by atoms with Gasteiger partial charge in [0.05, 0.1) is 5.56 Å². The molecule has 0 radical (unpaired) electrons. The Balaban J connectivity index is 2.22. The molecular formula is C15H14N4O. The minimum atomic E-state index is 0.290. The third kappa shape index (κ3) is 2.04. The number of benzene rings is 1. The standard InChI is InChI=1S/C15H14N4O/c16-9-11-3-1-2-4-12(11)14-13(15(17)20-19-14)10-5-7-18-8-6-10/h1-8H,9,16-17H2. The van der Waals surface area contributed by atoms with Crippen LogP contribution < -0.4 is 11.5 Å². The van der Waals surface area contributed by atoms with Crippen LogP contribution in [0.4, 0.5) is 5.88 Å². The first-order valence-electron chi connectivity index (χ1n) is 6.25. The van der Waals surface area contributed by atoms with Gasteiger partial charge in [0.2, 0.25) is 5.88 Å². The lowest BCUT2D eigenvalue weighted by Gasteiger charge is -2.06. The van der Waals surface area contributed by atoms with E-state index in [0.29, 0.717) is 12.2 Å². The van der Waals surface area contributed by atoms with Gasteiger partial charge in [-0.3, -0.25) is 4.98 Å². The Morgan fingerprint density at radius 1 is 1.05 bits per heavy atom. The summed E-state index contributed by atoms with van der Waals surface area (Å²) in [4.78, 5) is 4.01. The summed E-state index contributed by atoms with van der Waals surface area (Å²) in [6, 6.07) is 11.6. The van der Waals surface area contributed by atoms with E-state index in [4.69, 9.17) is 16.0 Å². The van der Waals surface area contributed by atoms with Gasteiger partial charge in [0.25, 0.3) is 0 Å². The molecule has 0 saturated heterocycles. The summed E-state index contributed by atoms with van der Waals surface area (Å²) < 4.78 is 5.17. The zero-order chi connectivity index (χ0) is 13.9. The smallest absolute Gasteiger partial charge is 0.230 e. The van der Waals surface area contributed by atoms with E-state index < -0.39 is 0 Å². The van der Waals surface area contributed by atoms with Crippen molar-refractivity contribution < 1.29 is 4.52 Å². The molecule has 0 bridgehead atoms. The average Bonchev–Trinajstić information content (AvgIpc) is 2.89. The van der Waals surface area contributed by atoms with Gasteiger partial charge in [0.15, 0.2) is 0 Å². The third-order valence-electron chi connectivity index (χ3n) is 3.18. The lowest BCUT2D eigenvalue weighted by molar-refractivity contribution is 0.439. The van der Waals surface area contributed by atoms with Crippen molar-refractivity contribution in [3.63, 3.8) is 0 Å². The predicted molar refractivity (Wildman–Crippen MR) is 77.5 cm³/mol. The zero-order valence-electron chi connectivity index (χ0n) is 10.8. The second-order valence-corrected chi connectivity index (χ2v) is 4.37. The van der Waals surface area contributed by atoms with Crippen LogP contribution in [0.2, 0.25) is 0 Å². The molecule has 0 saturated carbocycles. The van der Waals surface area contributed by atoms with Crippen LogP contribution >= 0.6 is 0 Å². The topological polar surface area (TPSA) is 91.0 Å². The van der Waals surface area contributed by atoms with Gasteiger partial charge in [-0.15, -0.1) is 0 Å². The van der Waals surface area contributed by atoms with Gasteiger partial charge in [-0.05, 0) is 23.3 Å². The van der Waals surface area contributed by atoms with E-state index in [1.54, 1.807) is 12.4 Å². The van der Waals surface area contributed by atoms with Crippen molar-refractivity contribution in [3.8, 4) is 22.4 Å². The highest BCUT2D eigenvalue weighted by atomic mass is 16.5. The molecule has 0 fully saturated rings. The van der Waals surface area contributed by atoms with Crippen molar-refractivity contribution >= 4 is 5.88 Å². The number of hydrogen-bond acceptors (Lipinski definition) is 5. The number of anilines is 1. The van der Waals surface area contributed by atoms with Crippen LogP contribution in [-0.4, -0.2) is 10.1 Å². The van der Waals surface area contributed by atoms with Crippen molar-refractivity contribution in [3.05, 3.63) is 54.4 Å². The molecule has 3 aromatic rings. The van der Waals surface area contributed by atoms with Gasteiger partial charge in [0, 0.05) is 24.5 Å². The number of rotatable bonds is 3. The van der Waals surface area contributed by atoms with Crippen LogP contribution in [0.1, 0.15) is 5.56 Å². The van der Waals surface area contributed by atoms with E-state index in [-0.39, 0.29) is 5.88 Å². The van der Waals surface area contributed by atoms with Crippen LogP contribution in [-0.2, 0) is 6.54 Å². The van der Waals surface area contributed by atoms with E-state index in [9.17, 15) is 0 Å². The Labute approximate surface area is 116 Å². The first kappa shape index (κ1) is 12.4. The molecule has 5 nitrogen and oxygen atoms in total. The molecular weight excluding hydrogens is 252 g/mol. The third-order valence-corrected chi connectivity index (χ3v) is 3.18. The van der Waals surface area contributed by atoms with Crippen LogP contribution in [0.25, 0.3) is 22.4 Å². The molecule has 5 heteroatoms. The highest BCUT2D eigenvalue weighted by Gasteiger charge is 2.18. The van der Waals surface area contributed by atoms with Crippen molar-refractivity contribution in [1.82, 2.24) is 10.1 Å². The monoisotopic (exact) mass is 266 g/mol. The Morgan fingerprint density at radius 2 is 1.80 bits per heavy atom. The van der Waals surface area contributed by atoms with Crippen LogP contribution in [0.3, 0.4) is 0 Å². The van der Waals surface area contributed by atoms with Crippen molar-refractivity contribution in [1.29, 1.82) is 0 Å². The predicted octanol–water partition coefficient (Wildman–Crippen LogP) is 2.44. The second-order valence-electron chi connectivity index (χ2n) is 4.37. The van der Waals surface area contributed by atoms with E-state index in [1.807, 2.05) is 36.4 Å². The summed E-state index contributed by atoms with van der Waals surface area (Å²) in [5.74, 6) is 0.290. The molecule has 0 spiro atoms. The SMILES string of the molecule is NCc1ccccc1-c1noc(N)c1-c1ccncc1. The Hall–Kier alpha value is -2.66. The summed E-state index contributed by atoms with van der Waals surface area (Å²) in [7, 11) is 0. The summed E-state index contributed by atoms with van der Waals surface area (Å²) in [5.41, 5.74) is 16.0. The lowest BCUT2D eigenvalue weighted by Crippen LogP contribution is -1.99. The molecule has 0 aliphatic rings. The fourth-order valence-corrected chi connectivity index (χ4v) is 2.21. The summed E-state index contributed by atoms with van der Waals surface area (Å²) in [6.45, 7) is 0.429. The summed E-state index contributed by atoms with van der Waals surface area (Å²) in [6.07, 6.45) is 3.42. The van der Waals surface area contributed by atoms with E-state index in [1.165, 1.54) is 0 Å². The molecule has 0 amide bonds. The molecule has 0 unspecified atom stereocenters. The Kier molecular flexibility index (Phi) is 3.18. The van der Waals surface area contributed by atoms with E-state index >= 15 is 0 Å². The molecule has 2 heterocycles. The van der Waals surface area contributed by atoms with Gasteiger partial charge in [-0.1, -0.05) is 29.4 Å². The summed E-state index contributed by atoms with van der Waals surface area (Å²) >= 11 is 0. The highest BCUT2D eigenvalue weighted by Crippen LogP contribution is 2.37. The maximum atomic E-state index is 5.92. The number of nitrogen functional groups attached to an aromatic ring is 1. The minimum Gasteiger partial charge on any atom is -0.367 e. The summed E-state index contributed by atoms with van der Waals surface area (Å²) in [5, 5.41) is 4.10. The molecule has 0 atom stereocenters. The van der Waals surface area contributed by atoms with Crippen molar-refractivity contribution in [2.45, 2.75) is 6.54 Å². The van der Waals surface area contributed by atoms with Gasteiger partial charge in [-0.25, -0.2) is 0 Å². The number of nitrogens with two attached hydrogens (primary N) is 2. The minimum absolute atomic E-state index is 0.290. The van der Waals surface area contributed by atoms with E-state index in [0.717, 1.165) is 22.3 Å². The zero-order valence-corrected chi connectivity index (χ0v) is 10.8. The first-order chi connectivity index (χ1) is 9.81. The van der Waals surface area contributed by atoms with Gasteiger partial charge in [0.1, 0.15) is 5.69 Å². The number of aromatic nitrogens is 2. The van der Waals surface area contributed by atoms with Gasteiger partial charge in [-0.2, -0.15) is 0 Å². The molecule has 3 rings (SSSR count). The number of hydrogen-bond donors (Lipinski definition) is 2. The quantitative estimate of drug-likeness (QED) is 0.759. The van der Waals surface area contributed by atoms with Gasteiger partial charge < -0.3 is 16.0 Å². The van der Waals surface area contributed by atoms with Crippen molar-refractivity contribution in [2.75, 3.05) is 5.73 Å². The highest BCUT2D eigenvalue weighted by molar-refractivity contribution is 5.87. The van der Waals surface area contributed by atoms with Crippen LogP contribution in [0.15, 0.2) is 53.3 Å². The number of pyridine rings is 1. The van der Waals surface area contributed by atoms with Crippen LogP contribution in [0.5, 0.6) is 0 Å². The molecule has 0 aliphatic carbocycles. The van der Waals surface area contributed by atoms with Gasteiger partial charge >= 0.3 is 0 Å².